The van der Waals surface area contributed by atoms with Crippen LogP contribution in [0.4, 0.5) is 0 Å². The smallest absolute Gasteiger partial charge is 0.262 e. The quantitative estimate of drug-likeness (QED) is 0.266. The van der Waals surface area contributed by atoms with Gasteiger partial charge in [0.25, 0.3) is 11.5 Å². The Morgan fingerprint density at radius 1 is 1.12 bits per heavy atom. The fourth-order valence-corrected chi connectivity index (χ4v) is 4.51. The molecule has 0 spiro atoms. The predicted molar refractivity (Wildman–Crippen MR) is 136 cm³/mol. The number of aryl methyl sites for hydroxylation is 2. The van der Waals surface area contributed by atoms with Gasteiger partial charge in [-0.25, -0.2) is 4.98 Å². The second-order valence-corrected chi connectivity index (χ2v) is 9.56. The Kier molecular flexibility index (Phi) is 8.63. The highest BCUT2D eigenvalue weighted by Crippen LogP contribution is 2.26. The number of carbonyl (C=O) groups excluding carboxylic acids is 2. The zero-order valence-corrected chi connectivity index (χ0v) is 21.1. The summed E-state index contributed by atoms with van der Waals surface area (Å²) in [5, 5.41) is 3.22. The Morgan fingerprint density at radius 2 is 1.85 bits per heavy atom. The molecular weight excluding hydrogens is 450 g/mol. The van der Waals surface area contributed by atoms with Gasteiger partial charge in [0.15, 0.2) is 10.9 Å². The highest BCUT2D eigenvalue weighted by atomic mass is 32.2. The maximum absolute atomic E-state index is 13.3. The van der Waals surface area contributed by atoms with Crippen molar-refractivity contribution in [3.63, 3.8) is 0 Å². The summed E-state index contributed by atoms with van der Waals surface area (Å²) in [7, 11) is 1.57. The number of nitrogens with zero attached hydrogens (tertiary/aromatic N) is 2. The highest BCUT2D eigenvalue weighted by molar-refractivity contribution is 8.00. The number of Topliss-reactive ketones (excluding diaryl/α,β-unsaturated/α-hetero) is 1. The Labute approximate surface area is 203 Å². The molecule has 1 aromatic heterocycles. The molecule has 7 nitrogen and oxygen atoms in total. The van der Waals surface area contributed by atoms with Crippen LogP contribution >= 0.6 is 11.8 Å². The van der Waals surface area contributed by atoms with E-state index in [1.54, 1.807) is 25.3 Å². The number of benzene rings is 2. The summed E-state index contributed by atoms with van der Waals surface area (Å²) in [5.41, 5.74) is 3.45. The van der Waals surface area contributed by atoms with Crippen LogP contribution < -0.4 is 10.9 Å². The molecule has 3 aromatic rings. The van der Waals surface area contributed by atoms with Crippen LogP contribution in [0, 0.1) is 13.8 Å². The largest absolute Gasteiger partial charge is 0.383 e. The number of hydrogen-bond donors (Lipinski definition) is 1. The molecule has 1 N–H and O–H groups in total. The van der Waals surface area contributed by atoms with Gasteiger partial charge in [-0.05, 0) is 62.6 Å². The molecule has 0 unspecified atom stereocenters. The van der Waals surface area contributed by atoms with Crippen molar-refractivity contribution in [2.24, 2.45) is 0 Å². The average Bonchev–Trinajstić information content (AvgIpc) is 2.83. The monoisotopic (exact) mass is 481 g/mol. The first-order valence-corrected chi connectivity index (χ1v) is 12.2. The van der Waals surface area contributed by atoms with E-state index >= 15 is 0 Å². The fraction of sp³-hybridized carbons (Fsp3) is 0.385. The lowest BCUT2D eigenvalue weighted by Crippen LogP contribution is -2.27. The number of ether oxygens (including phenoxy) is 1. The number of carbonyl (C=O) groups is 2. The lowest BCUT2D eigenvalue weighted by molar-refractivity contribution is 0.0952. The van der Waals surface area contributed by atoms with Gasteiger partial charge in [-0.3, -0.25) is 19.0 Å². The summed E-state index contributed by atoms with van der Waals surface area (Å²) >= 11 is 1.24. The standard InChI is InChI=1S/C26H31N3O4S/c1-6-11-27-24(31)20-9-10-21-22(15-20)28-26(29(25(21)32)12-13-33-5)34-18(4)23(30)19-8-7-16(2)17(3)14-19/h7-10,14-15,18H,6,11-13H2,1-5H3,(H,27,31)/t18-/m0/s1. The molecule has 0 saturated heterocycles. The van der Waals surface area contributed by atoms with E-state index < -0.39 is 5.25 Å². The highest BCUT2D eigenvalue weighted by Gasteiger charge is 2.21. The SMILES string of the molecule is CCCNC(=O)c1ccc2c(=O)n(CCOC)c(S[C@@H](C)C(=O)c3ccc(C)c(C)c3)nc2c1. The minimum absolute atomic E-state index is 0.0339. The number of methoxy groups -OCH3 is 1. The molecule has 1 atom stereocenters. The number of ketones is 1. The van der Waals surface area contributed by atoms with Gasteiger partial charge in [0, 0.05) is 24.8 Å². The van der Waals surface area contributed by atoms with Gasteiger partial charge >= 0.3 is 0 Å². The number of rotatable bonds is 10. The molecule has 8 heteroatoms. The molecule has 1 heterocycles. The van der Waals surface area contributed by atoms with Gasteiger partial charge in [0.05, 0.1) is 29.3 Å². The van der Waals surface area contributed by atoms with Crippen molar-refractivity contribution in [2.45, 2.75) is 51.1 Å². The van der Waals surface area contributed by atoms with E-state index in [1.165, 1.54) is 16.3 Å². The molecule has 0 bridgehead atoms. The Bertz CT molecular complexity index is 1270. The van der Waals surface area contributed by atoms with Crippen LogP contribution in [0.15, 0.2) is 46.3 Å². The lowest BCUT2D eigenvalue weighted by Gasteiger charge is -2.16. The minimum Gasteiger partial charge on any atom is -0.383 e. The van der Waals surface area contributed by atoms with Gasteiger partial charge in [0.2, 0.25) is 0 Å². The van der Waals surface area contributed by atoms with Gasteiger partial charge in [-0.15, -0.1) is 0 Å². The molecule has 34 heavy (non-hydrogen) atoms. The second kappa shape index (κ2) is 11.4. The summed E-state index contributed by atoms with van der Waals surface area (Å²) in [6.45, 7) is 8.99. The molecule has 0 aliphatic heterocycles. The zero-order chi connectivity index (χ0) is 24.8. The van der Waals surface area contributed by atoms with Crippen molar-refractivity contribution >= 4 is 34.4 Å². The first-order chi connectivity index (χ1) is 16.3. The molecular formula is C26H31N3O4S. The second-order valence-electron chi connectivity index (χ2n) is 8.26. The summed E-state index contributed by atoms with van der Waals surface area (Å²) in [6, 6.07) is 10.6. The van der Waals surface area contributed by atoms with E-state index in [0.29, 0.717) is 46.9 Å². The van der Waals surface area contributed by atoms with E-state index in [4.69, 9.17) is 9.72 Å². The number of hydrogen-bond acceptors (Lipinski definition) is 6. The van der Waals surface area contributed by atoms with Crippen LogP contribution in [0.1, 0.15) is 52.1 Å². The Hall–Kier alpha value is -2.97. The van der Waals surface area contributed by atoms with Gasteiger partial charge in [0.1, 0.15) is 0 Å². The van der Waals surface area contributed by atoms with Crippen molar-refractivity contribution in [1.82, 2.24) is 14.9 Å². The summed E-state index contributed by atoms with van der Waals surface area (Å²) in [6.07, 6.45) is 0.828. The van der Waals surface area contributed by atoms with Crippen LogP contribution in [0.25, 0.3) is 10.9 Å². The van der Waals surface area contributed by atoms with Gasteiger partial charge < -0.3 is 10.1 Å². The van der Waals surface area contributed by atoms with E-state index in [0.717, 1.165) is 17.5 Å². The minimum atomic E-state index is -0.462. The van der Waals surface area contributed by atoms with Crippen LogP contribution in [0.2, 0.25) is 0 Å². The van der Waals surface area contributed by atoms with Crippen LogP contribution in [-0.4, -0.2) is 46.8 Å². The molecule has 180 valence electrons. The topological polar surface area (TPSA) is 90.3 Å². The Morgan fingerprint density at radius 3 is 2.53 bits per heavy atom. The van der Waals surface area contributed by atoms with Crippen molar-refractivity contribution < 1.29 is 14.3 Å². The van der Waals surface area contributed by atoms with Crippen molar-refractivity contribution in [1.29, 1.82) is 0 Å². The molecule has 0 fully saturated rings. The molecule has 2 aromatic carbocycles. The normalized spacial score (nSPS) is 12.0. The summed E-state index contributed by atoms with van der Waals surface area (Å²) < 4.78 is 6.72. The third-order valence-corrected chi connectivity index (χ3v) is 6.77. The van der Waals surface area contributed by atoms with Crippen LogP contribution in [-0.2, 0) is 11.3 Å². The number of aromatic nitrogens is 2. The third-order valence-electron chi connectivity index (χ3n) is 5.68. The molecule has 1 amide bonds. The van der Waals surface area contributed by atoms with Crippen molar-refractivity contribution in [3.05, 3.63) is 69.0 Å². The summed E-state index contributed by atoms with van der Waals surface area (Å²) in [5.74, 6) is -0.241. The number of nitrogens with one attached hydrogen (secondary N) is 1. The van der Waals surface area contributed by atoms with Gasteiger partial charge in [-0.1, -0.05) is 30.8 Å². The Balaban J connectivity index is 2.00. The average molecular weight is 482 g/mol. The van der Waals surface area contributed by atoms with E-state index in [1.807, 2.05) is 45.9 Å². The maximum Gasteiger partial charge on any atom is 0.262 e. The molecule has 0 aliphatic carbocycles. The van der Waals surface area contributed by atoms with E-state index in [-0.39, 0.29) is 17.2 Å². The number of amides is 1. The van der Waals surface area contributed by atoms with Gasteiger partial charge in [-0.2, -0.15) is 0 Å². The van der Waals surface area contributed by atoms with Crippen LogP contribution in [0.3, 0.4) is 0 Å². The maximum atomic E-state index is 13.3. The summed E-state index contributed by atoms with van der Waals surface area (Å²) in [4.78, 5) is 43.5. The molecule has 3 rings (SSSR count). The van der Waals surface area contributed by atoms with Crippen LogP contribution in [0.5, 0.6) is 0 Å². The predicted octanol–water partition coefficient (Wildman–Crippen LogP) is 4.16. The lowest BCUT2D eigenvalue weighted by atomic mass is 10.0. The third kappa shape index (κ3) is 5.74. The number of fused-ring (bicyclic) bond motifs is 1. The van der Waals surface area contributed by atoms with Crippen molar-refractivity contribution in [2.75, 3.05) is 20.3 Å². The number of thioether (sulfide) groups is 1. The fourth-order valence-electron chi connectivity index (χ4n) is 3.49. The first kappa shape index (κ1) is 25.6. The van der Waals surface area contributed by atoms with Crippen molar-refractivity contribution in [3.8, 4) is 0 Å². The first-order valence-electron chi connectivity index (χ1n) is 11.4. The van der Waals surface area contributed by atoms with E-state index in [2.05, 4.69) is 5.32 Å². The zero-order valence-electron chi connectivity index (χ0n) is 20.3. The molecule has 0 radical (unpaired) electrons. The van der Waals surface area contributed by atoms with E-state index in [9.17, 15) is 14.4 Å². The molecule has 0 saturated carbocycles. The molecule has 0 aliphatic rings.